The quantitative estimate of drug-likeness (QED) is 0.503. The van der Waals surface area contributed by atoms with Crippen LogP contribution in [0.25, 0.3) is 11.1 Å². The summed E-state index contributed by atoms with van der Waals surface area (Å²) in [6, 6.07) is 17.9. The first-order valence-corrected chi connectivity index (χ1v) is 13.2. The van der Waals surface area contributed by atoms with Crippen LogP contribution < -0.4 is 5.32 Å². The lowest BCUT2D eigenvalue weighted by Crippen LogP contribution is -2.44. The van der Waals surface area contributed by atoms with Crippen molar-refractivity contribution in [1.82, 2.24) is 9.99 Å². The summed E-state index contributed by atoms with van der Waals surface area (Å²) in [4.78, 5) is 12.9. The first-order valence-electron chi connectivity index (χ1n) is 11.5. The fourth-order valence-electron chi connectivity index (χ4n) is 3.87. The highest BCUT2D eigenvalue weighted by Gasteiger charge is 2.38. The number of hydrogen-bond acceptors (Lipinski definition) is 3. The maximum Gasteiger partial charge on any atom is 0.274 e. The van der Waals surface area contributed by atoms with Gasteiger partial charge in [0.1, 0.15) is 0 Å². The van der Waals surface area contributed by atoms with E-state index in [9.17, 15) is 9.36 Å². The van der Waals surface area contributed by atoms with Gasteiger partial charge in [0.25, 0.3) is 13.4 Å². The van der Waals surface area contributed by atoms with Crippen molar-refractivity contribution < 1.29 is 13.9 Å². The average molecular weight is 457 g/mol. The first-order chi connectivity index (χ1) is 15.1. The Morgan fingerprint density at radius 3 is 2.28 bits per heavy atom. The van der Waals surface area contributed by atoms with Gasteiger partial charge in [0.2, 0.25) is 0 Å². The summed E-state index contributed by atoms with van der Waals surface area (Å²) in [5.41, 5.74) is 2.69. The van der Waals surface area contributed by atoms with Gasteiger partial charge in [-0.2, -0.15) is 0 Å². The number of carbonyl (C=O) groups excluding carboxylic acids is 1. The third kappa shape index (κ3) is 6.31. The molecule has 1 atom stereocenters. The van der Waals surface area contributed by atoms with Gasteiger partial charge in [0.15, 0.2) is 0 Å². The third-order valence-corrected chi connectivity index (χ3v) is 8.76. The molecule has 0 aliphatic carbocycles. The summed E-state index contributed by atoms with van der Waals surface area (Å²) in [6.45, 7) is 12.0. The van der Waals surface area contributed by atoms with Gasteiger partial charge >= 0.3 is 0 Å². The number of nitrogens with zero attached hydrogens (tertiary/aromatic N) is 1. The zero-order valence-electron chi connectivity index (χ0n) is 20.0. The van der Waals surface area contributed by atoms with Crippen LogP contribution in [-0.4, -0.2) is 42.0 Å². The molecule has 1 N–H and O–H groups in total. The highest BCUT2D eigenvalue weighted by atomic mass is 31.2. The number of carbonyl (C=O) groups is 1. The average Bonchev–Trinajstić information content (AvgIpc) is 2.78. The molecule has 1 amide bonds. The van der Waals surface area contributed by atoms with Gasteiger partial charge in [0, 0.05) is 30.4 Å². The largest absolute Gasteiger partial charge is 0.349 e. The van der Waals surface area contributed by atoms with E-state index in [0.717, 1.165) is 24.0 Å². The first kappa shape index (κ1) is 24.7. The molecule has 174 valence electrons. The highest BCUT2D eigenvalue weighted by molar-refractivity contribution is 7.57. The predicted octanol–water partition coefficient (Wildman–Crippen LogP) is 6.21. The van der Waals surface area contributed by atoms with Gasteiger partial charge in [-0.05, 0) is 41.5 Å². The fourth-order valence-corrected chi connectivity index (χ4v) is 6.35. The second-order valence-electron chi connectivity index (χ2n) is 10.1. The number of amides is 1. The molecule has 3 rings (SSSR count). The molecule has 0 aromatic heterocycles. The second-order valence-corrected chi connectivity index (χ2v) is 13.1. The number of nitrogens with one attached hydrogen (secondary N) is 1. The fraction of sp³-hybridized carbons (Fsp3) is 0.500. The Bertz CT molecular complexity index is 945. The molecule has 1 unspecified atom stereocenters. The Labute approximate surface area is 193 Å². The Morgan fingerprint density at radius 1 is 1.06 bits per heavy atom. The molecule has 1 aliphatic rings. The predicted molar refractivity (Wildman–Crippen MR) is 132 cm³/mol. The van der Waals surface area contributed by atoms with Gasteiger partial charge in [-0.25, -0.2) is 4.67 Å². The van der Waals surface area contributed by atoms with Crippen molar-refractivity contribution in [2.24, 2.45) is 5.41 Å². The van der Waals surface area contributed by atoms with Crippen molar-refractivity contribution in [2.45, 2.75) is 59.2 Å². The topological polar surface area (TPSA) is 58.6 Å². The van der Waals surface area contributed by atoms with E-state index in [1.807, 2.05) is 73.1 Å². The van der Waals surface area contributed by atoms with Gasteiger partial charge in [0.05, 0.1) is 6.61 Å². The van der Waals surface area contributed by atoms with Crippen molar-refractivity contribution in [3.63, 3.8) is 0 Å². The number of hydrogen-bond donors (Lipinski definition) is 1. The number of rotatable bonds is 7. The van der Waals surface area contributed by atoms with E-state index >= 15 is 0 Å². The lowest BCUT2D eigenvalue weighted by Gasteiger charge is -2.39. The molecule has 0 bridgehead atoms. The number of piperidine rings is 1. The van der Waals surface area contributed by atoms with Crippen LogP contribution >= 0.6 is 7.52 Å². The molecule has 0 radical (unpaired) electrons. The molecule has 1 saturated heterocycles. The molecule has 5 nitrogen and oxygen atoms in total. The Hall–Kier alpha value is -1.94. The van der Waals surface area contributed by atoms with Crippen molar-refractivity contribution in [2.75, 3.05) is 19.7 Å². The van der Waals surface area contributed by atoms with Crippen molar-refractivity contribution in [3.8, 4) is 11.1 Å². The van der Waals surface area contributed by atoms with Gasteiger partial charge in [-0.3, -0.25) is 9.36 Å². The maximum atomic E-state index is 13.7. The molecule has 2 aromatic rings. The summed E-state index contributed by atoms with van der Waals surface area (Å²) in [6.07, 6.45) is 1.53. The molecule has 1 aliphatic heterocycles. The third-order valence-electron chi connectivity index (χ3n) is 5.77. The smallest absolute Gasteiger partial charge is 0.274 e. The second kappa shape index (κ2) is 10.3. The summed E-state index contributed by atoms with van der Waals surface area (Å²) in [5.74, 6) is -0.0581. The van der Waals surface area contributed by atoms with E-state index in [2.05, 4.69) is 26.1 Å². The Kier molecular flexibility index (Phi) is 7.97. The SMILES string of the molecule is CC(C)P(=O)(OCC(C)(C)C)N1CCC(NC(=O)c2cccc(-c3ccccc3)c2)CC1. The lowest BCUT2D eigenvalue weighted by molar-refractivity contribution is 0.0920. The molecule has 0 saturated carbocycles. The minimum Gasteiger partial charge on any atom is -0.349 e. The highest BCUT2D eigenvalue weighted by Crippen LogP contribution is 2.56. The van der Waals surface area contributed by atoms with Gasteiger partial charge in [-0.1, -0.05) is 77.1 Å². The minimum absolute atomic E-state index is 0.0366. The van der Waals surface area contributed by atoms with Crippen molar-refractivity contribution in [1.29, 1.82) is 0 Å². The van der Waals surface area contributed by atoms with Crippen LogP contribution in [-0.2, 0) is 9.09 Å². The summed E-state index contributed by atoms with van der Waals surface area (Å²) in [5, 5.41) is 3.18. The van der Waals surface area contributed by atoms with Crippen LogP contribution in [0.2, 0.25) is 0 Å². The van der Waals surface area contributed by atoms with E-state index in [-0.39, 0.29) is 23.0 Å². The van der Waals surface area contributed by atoms with Crippen LogP contribution in [0.1, 0.15) is 57.8 Å². The zero-order chi connectivity index (χ0) is 23.4. The Balaban J connectivity index is 1.60. The van der Waals surface area contributed by atoms with E-state index < -0.39 is 7.52 Å². The molecule has 6 heteroatoms. The standard InChI is InChI=1S/C26H37N2O3P/c1-20(2)32(30,31-19-26(3,4)5)28-16-14-24(15-17-28)27-25(29)23-13-9-12-22(18-23)21-10-7-6-8-11-21/h6-13,18,20,24H,14-17,19H2,1-5H3,(H,27,29). The Morgan fingerprint density at radius 2 is 1.69 bits per heavy atom. The van der Waals surface area contributed by atoms with E-state index in [4.69, 9.17) is 4.52 Å². The maximum absolute atomic E-state index is 13.7. The normalized spacial score (nSPS) is 17.8. The van der Waals surface area contributed by atoms with Crippen molar-refractivity contribution in [3.05, 3.63) is 60.2 Å². The zero-order valence-corrected chi connectivity index (χ0v) is 20.9. The summed E-state index contributed by atoms with van der Waals surface area (Å²) >= 11 is 0. The number of benzene rings is 2. The molecular formula is C26H37N2O3P. The van der Waals surface area contributed by atoms with E-state index in [0.29, 0.717) is 25.3 Å². The molecular weight excluding hydrogens is 419 g/mol. The van der Waals surface area contributed by atoms with Crippen LogP contribution in [0.3, 0.4) is 0 Å². The van der Waals surface area contributed by atoms with Crippen LogP contribution in [0.4, 0.5) is 0 Å². The minimum atomic E-state index is -2.90. The van der Waals surface area contributed by atoms with Gasteiger partial charge in [-0.15, -0.1) is 0 Å². The van der Waals surface area contributed by atoms with Gasteiger partial charge < -0.3 is 9.84 Å². The molecule has 0 spiro atoms. The monoisotopic (exact) mass is 456 g/mol. The molecule has 2 aromatic carbocycles. The van der Waals surface area contributed by atoms with E-state index in [1.165, 1.54) is 0 Å². The lowest BCUT2D eigenvalue weighted by atomic mass is 9.99. The van der Waals surface area contributed by atoms with Crippen molar-refractivity contribution >= 4 is 13.4 Å². The summed E-state index contributed by atoms with van der Waals surface area (Å²) in [7, 11) is -2.90. The molecule has 1 heterocycles. The van der Waals surface area contributed by atoms with Crippen LogP contribution in [0, 0.1) is 5.41 Å². The van der Waals surface area contributed by atoms with E-state index in [1.54, 1.807) is 0 Å². The molecule has 1 fully saturated rings. The van der Waals surface area contributed by atoms with Crippen LogP contribution in [0.15, 0.2) is 54.6 Å². The summed E-state index contributed by atoms with van der Waals surface area (Å²) < 4.78 is 21.7. The van der Waals surface area contributed by atoms with Crippen LogP contribution in [0.5, 0.6) is 0 Å². The molecule has 32 heavy (non-hydrogen) atoms.